The molecule has 23 heavy (non-hydrogen) atoms. The molecule has 2 saturated heterocycles. The standard InChI is InChI=1S/C17H23N3O3/c21-16(20-11-15-5-2-6-23-15)13-4-1-3-12(7-13)8-19-17(22)14-9-18-10-14/h1,3-4,7,14-15,18H,2,5-6,8-11H2,(H,19,22)(H,20,21). The number of amides is 2. The maximum atomic E-state index is 12.2. The van der Waals surface area contributed by atoms with Crippen molar-refractivity contribution in [2.24, 2.45) is 5.92 Å². The fourth-order valence-corrected chi connectivity index (χ4v) is 2.74. The molecule has 1 aromatic rings. The Balaban J connectivity index is 1.49. The highest BCUT2D eigenvalue weighted by Gasteiger charge is 2.24. The van der Waals surface area contributed by atoms with Gasteiger partial charge in [-0.3, -0.25) is 9.59 Å². The summed E-state index contributed by atoms with van der Waals surface area (Å²) in [6, 6.07) is 7.36. The second kappa shape index (κ2) is 7.57. The number of carbonyl (C=O) groups excluding carboxylic acids is 2. The second-order valence-corrected chi connectivity index (χ2v) is 6.12. The van der Waals surface area contributed by atoms with Crippen molar-refractivity contribution in [3.63, 3.8) is 0 Å². The predicted molar refractivity (Wildman–Crippen MR) is 86.0 cm³/mol. The molecule has 2 aliphatic rings. The molecular formula is C17H23N3O3. The van der Waals surface area contributed by atoms with Crippen molar-refractivity contribution in [3.05, 3.63) is 35.4 Å². The van der Waals surface area contributed by atoms with Crippen LogP contribution in [-0.4, -0.2) is 44.2 Å². The monoisotopic (exact) mass is 317 g/mol. The normalized spacial score (nSPS) is 20.8. The van der Waals surface area contributed by atoms with Gasteiger partial charge in [0.15, 0.2) is 0 Å². The van der Waals surface area contributed by atoms with E-state index in [4.69, 9.17) is 4.74 Å². The third-order valence-electron chi connectivity index (χ3n) is 4.32. The van der Waals surface area contributed by atoms with Crippen LogP contribution in [0.15, 0.2) is 24.3 Å². The molecule has 0 aromatic heterocycles. The lowest BCUT2D eigenvalue weighted by Gasteiger charge is -2.25. The molecule has 1 atom stereocenters. The number of benzene rings is 1. The van der Waals surface area contributed by atoms with Gasteiger partial charge in [-0.15, -0.1) is 0 Å². The number of ether oxygens (including phenoxy) is 1. The van der Waals surface area contributed by atoms with Crippen LogP contribution in [-0.2, 0) is 16.1 Å². The van der Waals surface area contributed by atoms with Crippen molar-refractivity contribution in [2.75, 3.05) is 26.2 Å². The van der Waals surface area contributed by atoms with E-state index in [0.717, 1.165) is 38.1 Å². The fourth-order valence-electron chi connectivity index (χ4n) is 2.74. The summed E-state index contributed by atoms with van der Waals surface area (Å²) < 4.78 is 5.50. The van der Waals surface area contributed by atoms with Crippen molar-refractivity contribution >= 4 is 11.8 Å². The van der Waals surface area contributed by atoms with E-state index in [0.29, 0.717) is 18.7 Å². The number of hydrogen-bond donors (Lipinski definition) is 3. The fraction of sp³-hybridized carbons (Fsp3) is 0.529. The highest BCUT2D eigenvalue weighted by molar-refractivity contribution is 5.94. The van der Waals surface area contributed by atoms with Crippen molar-refractivity contribution in [1.82, 2.24) is 16.0 Å². The molecule has 0 spiro atoms. The molecule has 6 heteroatoms. The Bertz CT molecular complexity index is 566. The van der Waals surface area contributed by atoms with E-state index >= 15 is 0 Å². The van der Waals surface area contributed by atoms with Crippen molar-refractivity contribution in [1.29, 1.82) is 0 Å². The SMILES string of the molecule is O=C(NCC1CCCO1)c1cccc(CNC(=O)C2CNC2)c1. The third-order valence-corrected chi connectivity index (χ3v) is 4.32. The Hall–Kier alpha value is -1.92. The van der Waals surface area contributed by atoms with Crippen LogP contribution in [0.1, 0.15) is 28.8 Å². The zero-order valence-electron chi connectivity index (χ0n) is 13.1. The van der Waals surface area contributed by atoms with Gasteiger partial charge in [0.1, 0.15) is 0 Å². The summed E-state index contributed by atoms with van der Waals surface area (Å²) in [6.45, 7) is 3.28. The lowest BCUT2D eigenvalue weighted by Crippen LogP contribution is -2.50. The van der Waals surface area contributed by atoms with Crippen LogP contribution in [0.25, 0.3) is 0 Å². The van der Waals surface area contributed by atoms with Crippen molar-refractivity contribution in [2.45, 2.75) is 25.5 Å². The van der Waals surface area contributed by atoms with Gasteiger partial charge < -0.3 is 20.7 Å². The molecule has 6 nitrogen and oxygen atoms in total. The minimum Gasteiger partial charge on any atom is -0.376 e. The van der Waals surface area contributed by atoms with E-state index in [1.165, 1.54) is 0 Å². The van der Waals surface area contributed by atoms with Crippen LogP contribution in [0.5, 0.6) is 0 Å². The number of carbonyl (C=O) groups is 2. The van der Waals surface area contributed by atoms with Gasteiger partial charge in [-0.25, -0.2) is 0 Å². The summed E-state index contributed by atoms with van der Waals surface area (Å²) in [5.74, 6) is 0.0433. The molecule has 1 unspecified atom stereocenters. The highest BCUT2D eigenvalue weighted by Crippen LogP contribution is 2.11. The van der Waals surface area contributed by atoms with E-state index in [1.807, 2.05) is 18.2 Å². The van der Waals surface area contributed by atoms with Gasteiger partial charge in [-0.1, -0.05) is 12.1 Å². The van der Waals surface area contributed by atoms with Crippen LogP contribution in [0, 0.1) is 5.92 Å². The molecule has 1 aromatic carbocycles. The Morgan fingerprint density at radius 1 is 1.26 bits per heavy atom. The first-order valence-electron chi connectivity index (χ1n) is 8.19. The summed E-state index contributed by atoms with van der Waals surface area (Å²) >= 11 is 0. The quantitative estimate of drug-likeness (QED) is 0.711. The van der Waals surface area contributed by atoms with Crippen LogP contribution >= 0.6 is 0 Å². The molecule has 3 rings (SSSR count). The van der Waals surface area contributed by atoms with Gasteiger partial charge >= 0.3 is 0 Å². The maximum Gasteiger partial charge on any atom is 0.251 e. The number of rotatable bonds is 6. The minimum atomic E-state index is -0.100. The lowest BCUT2D eigenvalue weighted by atomic mass is 10.0. The largest absolute Gasteiger partial charge is 0.376 e. The van der Waals surface area contributed by atoms with Gasteiger partial charge in [0, 0.05) is 38.3 Å². The Morgan fingerprint density at radius 3 is 2.83 bits per heavy atom. The van der Waals surface area contributed by atoms with E-state index < -0.39 is 0 Å². The van der Waals surface area contributed by atoms with Crippen LogP contribution in [0.3, 0.4) is 0 Å². The summed E-state index contributed by atoms with van der Waals surface area (Å²) in [5.41, 5.74) is 1.54. The van der Waals surface area contributed by atoms with E-state index in [-0.39, 0.29) is 23.8 Å². The predicted octanol–water partition coefficient (Wildman–Crippen LogP) is 0.431. The van der Waals surface area contributed by atoms with Gasteiger partial charge in [-0.2, -0.15) is 0 Å². The first-order valence-corrected chi connectivity index (χ1v) is 8.19. The summed E-state index contributed by atoms with van der Waals surface area (Å²) in [7, 11) is 0. The second-order valence-electron chi connectivity index (χ2n) is 6.12. The molecule has 2 fully saturated rings. The maximum absolute atomic E-state index is 12.2. The van der Waals surface area contributed by atoms with Crippen molar-refractivity contribution < 1.29 is 14.3 Å². The first kappa shape index (κ1) is 16.0. The average molecular weight is 317 g/mol. The van der Waals surface area contributed by atoms with Gasteiger partial charge in [0.2, 0.25) is 5.91 Å². The summed E-state index contributed by atoms with van der Waals surface area (Å²) in [5, 5.41) is 8.90. The smallest absolute Gasteiger partial charge is 0.251 e. The number of hydrogen-bond acceptors (Lipinski definition) is 4. The number of nitrogens with one attached hydrogen (secondary N) is 3. The Morgan fingerprint density at radius 2 is 2.13 bits per heavy atom. The topological polar surface area (TPSA) is 79.5 Å². The van der Waals surface area contributed by atoms with Gasteiger partial charge in [-0.05, 0) is 30.5 Å². The molecular weight excluding hydrogens is 294 g/mol. The molecule has 124 valence electrons. The lowest BCUT2D eigenvalue weighted by molar-refractivity contribution is -0.126. The molecule has 2 heterocycles. The van der Waals surface area contributed by atoms with E-state index in [9.17, 15) is 9.59 Å². The molecule has 2 amide bonds. The van der Waals surface area contributed by atoms with Gasteiger partial charge in [0.25, 0.3) is 5.91 Å². The minimum absolute atomic E-state index is 0.0667. The highest BCUT2D eigenvalue weighted by atomic mass is 16.5. The average Bonchev–Trinajstić information content (AvgIpc) is 3.02. The molecule has 0 saturated carbocycles. The molecule has 2 aliphatic heterocycles. The molecule has 0 aliphatic carbocycles. The van der Waals surface area contributed by atoms with Crippen LogP contribution in [0.2, 0.25) is 0 Å². The van der Waals surface area contributed by atoms with Crippen LogP contribution < -0.4 is 16.0 Å². The third kappa shape index (κ3) is 4.30. The molecule has 0 radical (unpaired) electrons. The van der Waals surface area contributed by atoms with Gasteiger partial charge in [0.05, 0.1) is 12.0 Å². The summed E-state index contributed by atoms with van der Waals surface area (Å²) in [4.78, 5) is 24.0. The van der Waals surface area contributed by atoms with E-state index in [2.05, 4.69) is 16.0 Å². The van der Waals surface area contributed by atoms with E-state index in [1.54, 1.807) is 6.07 Å². The molecule has 3 N–H and O–H groups in total. The summed E-state index contributed by atoms with van der Waals surface area (Å²) in [6.07, 6.45) is 2.20. The van der Waals surface area contributed by atoms with Crippen LogP contribution in [0.4, 0.5) is 0 Å². The molecule has 0 bridgehead atoms. The zero-order chi connectivity index (χ0) is 16.1. The Kier molecular flexibility index (Phi) is 5.25. The Labute approximate surface area is 136 Å². The first-order chi connectivity index (χ1) is 11.2. The zero-order valence-corrected chi connectivity index (χ0v) is 13.1. The van der Waals surface area contributed by atoms with Crippen molar-refractivity contribution in [3.8, 4) is 0 Å².